The fourth-order valence-electron chi connectivity index (χ4n) is 5.42. The van der Waals surface area contributed by atoms with Gasteiger partial charge < -0.3 is 10.2 Å². The first-order valence-corrected chi connectivity index (χ1v) is 17.0. The first-order chi connectivity index (χ1) is 18.2. The zero-order valence-electron chi connectivity index (χ0n) is 27.4. The van der Waals surface area contributed by atoms with Crippen LogP contribution in [-0.4, -0.2) is 20.7 Å². The third-order valence-electron chi connectivity index (χ3n) is 8.20. The van der Waals surface area contributed by atoms with Gasteiger partial charge in [-0.25, -0.2) is 0 Å². The summed E-state index contributed by atoms with van der Waals surface area (Å²) in [7, 11) is 0. The largest absolute Gasteiger partial charge is 0.506 e. The highest BCUT2D eigenvalue weighted by molar-refractivity contribution is 8.04. The molecule has 0 aromatic heterocycles. The maximum atomic E-state index is 11.6. The average molecular weight is 585 g/mol. The van der Waals surface area contributed by atoms with Crippen LogP contribution < -0.4 is 0 Å². The molecule has 40 heavy (non-hydrogen) atoms. The van der Waals surface area contributed by atoms with Crippen LogP contribution in [0.2, 0.25) is 0 Å². The van der Waals surface area contributed by atoms with Crippen LogP contribution >= 0.6 is 23.5 Å². The number of hydrogen-bond donors (Lipinski definition) is 2. The van der Waals surface area contributed by atoms with E-state index in [4.69, 9.17) is 0 Å². The molecule has 2 N–H and O–H groups in total. The summed E-state index contributed by atoms with van der Waals surface area (Å²) in [5.74, 6) is 0.896. The Kier molecular flexibility index (Phi) is 10.1. The molecule has 224 valence electrons. The van der Waals surface area contributed by atoms with E-state index in [0.717, 1.165) is 33.8 Å². The first-order valence-electron chi connectivity index (χ1n) is 15.3. The van der Waals surface area contributed by atoms with E-state index in [1.54, 1.807) is 0 Å². The Bertz CT molecular complexity index is 1080. The molecule has 1 saturated carbocycles. The third-order valence-corrected chi connectivity index (χ3v) is 11.2. The summed E-state index contributed by atoms with van der Waals surface area (Å²) < 4.78 is 0. The summed E-state index contributed by atoms with van der Waals surface area (Å²) in [6.45, 7) is 26.7. The second-order valence-corrected chi connectivity index (χ2v) is 18.6. The Hall–Kier alpha value is -1.26. The molecule has 1 aliphatic carbocycles. The molecule has 2 aromatic carbocycles. The van der Waals surface area contributed by atoms with Crippen molar-refractivity contribution in [3.8, 4) is 11.5 Å². The Morgan fingerprint density at radius 1 is 0.500 bits per heavy atom. The Morgan fingerprint density at radius 3 is 1.10 bits per heavy atom. The molecule has 0 amide bonds. The summed E-state index contributed by atoms with van der Waals surface area (Å²) in [6.07, 6.45) is 7.21. The minimum Gasteiger partial charge on any atom is -0.506 e. The highest BCUT2D eigenvalue weighted by Gasteiger charge is 2.32. The van der Waals surface area contributed by atoms with Crippen molar-refractivity contribution in [2.75, 3.05) is 0 Å². The van der Waals surface area contributed by atoms with Crippen molar-refractivity contribution in [1.82, 2.24) is 0 Å². The second kappa shape index (κ2) is 12.2. The van der Waals surface area contributed by atoms with E-state index in [2.05, 4.69) is 107 Å². The topological polar surface area (TPSA) is 40.5 Å². The van der Waals surface area contributed by atoms with Gasteiger partial charge in [0.25, 0.3) is 0 Å². The van der Waals surface area contributed by atoms with Gasteiger partial charge in [0.1, 0.15) is 11.5 Å². The minimum atomic E-state index is -0.141. The molecule has 0 saturated heterocycles. The van der Waals surface area contributed by atoms with Crippen molar-refractivity contribution in [3.05, 3.63) is 46.5 Å². The monoisotopic (exact) mass is 584 g/mol. The number of hydrogen-bond acceptors (Lipinski definition) is 4. The lowest BCUT2D eigenvalue weighted by Crippen LogP contribution is -2.23. The van der Waals surface area contributed by atoms with E-state index in [0.29, 0.717) is 22.0 Å². The standard InChI is InChI=1S/C36H56O2S2/c1-33(2,3)23-19-25(35(7,8)9)31(37)29(21-23)39-27-17-15-13-14-16-18-28(27)40-30-22-24(34(4,5)6)20-26(32(30)38)36(10,11)12/h19-22,27-28,37-38H,13-18H2,1-12H3/t27-,28-/m0/s1. The van der Waals surface area contributed by atoms with Crippen LogP contribution in [0.1, 0.15) is 144 Å². The Balaban J connectivity index is 2.09. The molecule has 0 bridgehead atoms. The lowest BCUT2D eigenvalue weighted by Gasteiger charge is -2.32. The SMILES string of the molecule is CC(C)(C)c1cc(S[C@H]2CCCCCC[C@@H]2Sc2cc(C(C)(C)C)cc(C(C)(C)C)c2O)c(O)c(C(C)(C)C)c1. The van der Waals surface area contributed by atoms with Crippen molar-refractivity contribution in [2.45, 2.75) is 164 Å². The zero-order valence-corrected chi connectivity index (χ0v) is 29.1. The van der Waals surface area contributed by atoms with Crippen LogP contribution in [0.15, 0.2) is 34.1 Å². The summed E-state index contributed by atoms with van der Waals surface area (Å²) in [4.78, 5) is 2.02. The van der Waals surface area contributed by atoms with Crippen LogP contribution in [0.3, 0.4) is 0 Å². The molecule has 0 spiro atoms. The van der Waals surface area contributed by atoms with Gasteiger partial charge in [-0.3, -0.25) is 0 Å². The number of aromatic hydroxyl groups is 2. The molecule has 0 radical (unpaired) electrons. The number of benzene rings is 2. The number of phenolic OH excluding ortho intramolecular Hbond substituents is 2. The second-order valence-electron chi connectivity index (χ2n) is 16.0. The quantitative estimate of drug-likeness (QED) is 0.375. The third kappa shape index (κ3) is 8.18. The molecular formula is C36H56O2S2. The van der Waals surface area contributed by atoms with Crippen molar-refractivity contribution < 1.29 is 10.2 Å². The van der Waals surface area contributed by atoms with Crippen molar-refractivity contribution in [1.29, 1.82) is 0 Å². The van der Waals surface area contributed by atoms with Crippen molar-refractivity contribution >= 4 is 23.5 Å². The van der Waals surface area contributed by atoms with E-state index in [1.165, 1.54) is 36.8 Å². The Morgan fingerprint density at radius 2 is 0.825 bits per heavy atom. The van der Waals surface area contributed by atoms with E-state index < -0.39 is 0 Å². The average Bonchev–Trinajstić information content (AvgIpc) is 2.77. The normalized spacial score (nSPS) is 19.8. The predicted molar refractivity (Wildman–Crippen MR) is 178 cm³/mol. The van der Waals surface area contributed by atoms with Gasteiger partial charge in [0.05, 0.1) is 9.79 Å². The van der Waals surface area contributed by atoms with Gasteiger partial charge >= 0.3 is 0 Å². The van der Waals surface area contributed by atoms with Crippen molar-refractivity contribution in [2.24, 2.45) is 0 Å². The fraction of sp³-hybridized carbons (Fsp3) is 0.667. The maximum absolute atomic E-state index is 11.6. The molecule has 3 rings (SSSR count). The molecule has 0 aliphatic heterocycles. The molecule has 2 nitrogen and oxygen atoms in total. The van der Waals surface area contributed by atoms with E-state index in [1.807, 2.05) is 23.5 Å². The molecule has 2 atom stereocenters. The highest BCUT2D eigenvalue weighted by atomic mass is 32.2. The van der Waals surface area contributed by atoms with Crippen molar-refractivity contribution in [3.63, 3.8) is 0 Å². The minimum absolute atomic E-state index is 0.000632. The van der Waals surface area contributed by atoms with E-state index in [-0.39, 0.29) is 21.7 Å². The number of rotatable bonds is 4. The molecular weight excluding hydrogens is 529 g/mol. The van der Waals surface area contributed by atoms with Gasteiger partial charge in [-0.15, -0.1) is 23.5 Å². The molecule has 4 heteroatoms. The van der Waals surface area contributed by atoms with Crippen LogP contribution in [-0.2, 0) is 21.7 Å². The highest BCUT2D eigenvalue weighted by Crippen LogP contribution is 2.49. The van der Waals surface area contributed by atoms with Gasteiger partial charge in [0.15, 0.2) is 0 Å². The van der Waals surface area contributed by atoms with Gasteiger partial charge in [-0.05, 0) is 57.8 Å². The summed E-state index contributed by atoms with van der Waals surface area (Å²) in [5.41, 5.74) is 4.33. The summed E-state index contributed by atoms with van der Waals surface area (Å²) >= 11 is 3.75. The molecule has 1 fully saturated rings. The maximum Gasteiger partial charge on any atom is 0.132 e. The lowest BCUT2D eigenvalue weighted by atomic mass is 9.80. The van der Waals surface area contributed by atoms with Gasteiger partial charge in [0, 0.05) is 21.6 Å². The summed E-state index contributed by atoms with van der Waals surface area (Å²) in [6, 6.07) is 8.91. The van der Waals surface area contributed by atoms with Crippen LogP contribution in [0, 0.1) is 0 Å². The molecule has 0 heterocycles. The lowest BCUT2D eigenvalue weighted by molar-refractivity contribution is 0.430. The predicted octanol–water partition coefficient (Wildman–Crippen LogP) is 11.3. The van der Waals surface area contributed by atoms with Crippen LogP contribution in [0.5, 0.6) is 11.5 Å². The van der Waals surface area contributed by atoms with Crippen LogP contribution in [0.25, 0.3) is 0 Å². The fourth-order valence-corrected chi connectivity index (χ4v) is 8.38. The van der Waals surface area contributed by atoms with Gasteiger partial charge in [-0.2, -0.15) is 0 Å². The summed E-state index contributed by atoms with van der Waals surface area (Å²) in [5, 5.41) is 23.9. The van der Waals surface area contributed by atoms with E-state index in [9.17, 15) is 10.2 Å². The Labute approximate surface area is 254 Å². The molecule has 2 aromatic rings. The van der Waals surface area contributed by atoms with Crippen LogP contribution in [0.4, 0.5) is 0 Å². The molecule has 1 aliphatic rings. The zero-order chi connectivity index (χ0) is 30.3. The smallest absolute Gasteiger partial charge is 0.132 e. The van der Waals surface area contributed by atoms with E-state index >= 15 is 0 Å². The number of thioether (sulfide) groups is 2. The molecule has 0 unspecified atom stereocenters. The first kappa shape index (κ1) is 33.2. The van der Waals surface area contributed by atoms with Gasteiger partial charge in [0.2, 0.25) is 0 Å². The number of phenols is 2. The van der Waals surface area contributed by atoms with Gasteiger partial charge in [-0.1, -0.05) is 121 Å².